The van der Waals surface area contributed by atoms with Crippen molar-refractivity contribution < 1.29 is 28.0 Å². The Morgan fingerprint density at radius 2 is 1.72 bits per heavy atom. The summed E-state index contributed by atoms with van der Waals surface area (Å²) in [7, 11) is 1.71. The lowest BCUT2D eigenvalue weighted by Crippen LogP contribution is -2.39. The van der Waals surface area contributed by atoms with E-state index in [-0.39, 0.29) is 60.3 Å². The molecule has 3 aliphatic heterocycles. The number of imide groups is 1. The Kier molecular flexibility index (Phi) is 10.9. The Bertz CT molecular complexity index is 2400. The summed E-state index contributed by atoms with van der Waals surface area (Å²) in [5.74, 6) is -2.10. The number of H-pyrrole nitrogens is 1. The van der Waals surface area contributed by atoms with Crippen molar-refractivity contribution >= 4 is 45.8 Å². The van der Waals surface area contributed by atoms with Crippen LogP contribution in [0.1, 0.15) is 84.5 Å². The second kappa shape index (κ2) is 16.4. The molecule has 3 aliphatic rings. The summed E-state index contributed by atoms with van der Waals surface area (Å²) in [6.07, 6.45) is 8.34. The van der Waals surface area contributed by atoms with E-state index in [1.54, 1.807) is 52.1 Å². The Balaban J connectivity index is 1.01. The maximum Gasteiger partial charge on any atom is 0.270 e. The van der Waals surface area contributed by atoms with Crippen LogP contribution in [0.4, 0.5) is 14.5 Å². The zero-order valence-corrected chi connectivity index (χ0v) is 32.6. The first-order chi connectivity index (χ1) is 28.1. The molecule has 0 aliphatic carbocycles. The molecular formula is C44H46F2N8O4. The molecule has 5 heterocycles. The largest absolute Gasteiger partial charge is 0.369 e. The van der Waals surface area contributed by atoms with Crippen molar-refractivity contribution in [2.24, 2.45) is 0 Å². The van der Waals surface area contributed by atoms with Gasteiger partial charge in [0.15, 0.2) is 5.82 Å². The Morgan fingerprint density at radius 3 is 2.43 bits per heavy atom. The number of aromatic nitrogens is 4. The van der Waals surface area contributed by atoms with Crippen molar-refractivity contribution in [1.29, 1.82) is 0 Å². The number of aryl methyl sites for hydroxylation is 1. The number of hydrogen-bond acceptors (Lipinski definition) is 7. The number of benzene rings is 3. The summed E-state index contributed by atoms with van der Waals surface area (Å²) in [6, 6.07) is 16.8. The third-order valence-corrected chi connectivity index (χ3v) is 11.9. The van der Waals surface area contributed by atoms with Crippen molar-refractivity contribution in [3.05, 3.63) is 107 Å². The van der Waals surface area contributed by atoms with Crippen molar-refractivity contribution in [3.63, 3.8) is 0 Å². The van der Waals surface area contributed by atoms with E-state index in [0.29, 0.717) is 79.0 Å². The molecule has 14 heteroatoms. The molecule has 58 heavy (non-hydrogen) atoms. The molecule has 3 aromatic carbocycles. The van der Waals surface area contributed by atoms with Crippen molar-refractivity contribution in [1.82, 2.24) is 35.1 Å². The molecule has 5 aromatic rings. The van der Waals surface area contributed by atoms with Crippen LogP contribution in [0.25, 0.3) is 27.6 Å². The second-order valence-corrected chi connectivity index (χ2v) is 15.4. The highest BCUT2D eigenvalue weighted by atomic mass is 19.1. The van der Waals surface area contributed by atoms with Gasteiger partial charge in [0.05, 0.1) is 29.9 Å². The van der Waals surface area contributed by atoms with Crippen LogP contribution in [-0.4, -0.2) is 93.2 Å². The van der Waals surface area contributed by atoms with Crippen molar-refractivity contribution in [3.8, 4) is 11.1 Å². The Labute approximate surface area is 334 Å². The van der Waals surface area contributed by atoms with Gasteiger partial charge in [0, 0.05) is 69.8 Å². The van der Waals surface area contributed by atoms with E-state index in [2.05, 4.69) is 32.7 Å². The molecule has 4 amide bonds. The number of piperidine rings is 2. The molecule has 12 nitrogen and oxygen atoms in total. The summed E-state index contributed by atoms with van der Waals surface area (Å²) in [4.78, 5) is 58.9. The Morgan fingerprint density at radius 1 is 0.948 bits per heavy atom. The van der Waals surface area contributed by atoms with E-state index < -0.39 is 11.7 Å². The summed E-state index contributed by atoms with van der Waals surface area (Å²) in [5, 5.41) is 10.7. The van der Waals surface area contributed by atoms with E-state index >= 15 is 8.78 Å². The molecule has 2 saturated heterocycles. The molecule has 300 valence electrons. The number of fused-ring (bicyclic) bond motifs is 1. The minimum absolute atomic E-state index is 0.0487. The van der Waals surface area contributed by atoms with Gasteiger partial charge in [-0.3, -0.25) is 29.2 Å². The lowest BCUT2D eigenvalue weighted by molar-refractivity contribution is -0.134. The average Bonchev–Trinajstić information content (AvgIpc) is 3.94. The fraction of sp³-hybridized carbons (Fsp3) is 0.364. The number of nitrogens with zero attached hydrogens (tertiary/aromatic N) is 6. The molecule has 1 atom stereocenters. The normalized spacial score (nSPS) is 17.7. The van der Waals surface area contributed by atoms with Gasteiger partial charge >= 0.3 is 0 Å². The number of carbonyl (C=O) groups is 4. The highest BCUT2D eigenvalue weighted by Gasteiger charge is 2.30. The number of halogens is 2. The first-order valence-corrected chi connectivity index (χ1v) is 20.0. The van der Waals surface area contributed by atoms with E-state index in [0.717, 1.165) is 29.5 Å². The van der Waals surface area contributed by atoms with Gasteiger partial charge in [-0.2, -0.15) is 0 Å². The van der Waals surface area contributed by atoms with E-state index in [9.17, 15) is 19.2 Å². The smallest absolute Gasteiger partial charge is 0.270 e. The maximum absolute atomic E-state index is 16.6. The number of hydrogen-bond donors (Lipinski definition) is 2. The maximum atomic E-state index is 16.6. The molecule has 2 aromatic heterocycles. The minimum atomic E-state index is -0.537. The summed E-state index contributed by atoms with van der Waals surface area (Å²) >= 11 is 0. The first-order valence-electron chi connectivity index (χ1n) is 20.0. The summed E-state index contributed by atoms with van der Waals surface area (Å²) in [6.45, 7) is 4.89. The van der Waals surface area contributed by atoms with Gasteiger partial charge in [-0.15, -0.1) is 5.10 Å². The van der Waals surface area contributed by atoms with Crippen LogP contribution in [0, 0.1) is 11.6 Å². The lowest BCUT2D eigenvalue weighted by Gasteiger charge is -2.34. The zero-order chi connectivity index (χ0) is 40.5. The predicted octanol–water partition coefficient (Wildman–Crippen LogP) is 6.41. The SMILES string of the molecule is CCN(C)C(=O)c1cc2c(-c3ccc(C4CCN(c5ccc(C6CCC(=O)NC6=O)cc5F)CC4)cc3)cc(C3=CCCN(C(=O)CCn4ccnn4)C3)c(F)c2[nH]1. The number of anilines is 1. The number of aromatic amines is 1. The number of rotatable bonds is 10. The van der Waals surface area contributed by atoms with Gasteiger partial charge in [0.25, 0.3) is 5.91 Å². The average molecular weight is 789 g/mol. The zero-order valence-electron chi connectivity index (χ0n) is 32.6. The number of nitrogens with one attached hydrogen (secondary N) is 2. The molecule has 0 saturated carbocycles. The van der Waals surface area contributed by atoms with Gasteiger partial charge in [0.1, 0.15) is 11.5 Å². The van der Waals surface area contributed by atoms with Crippen LogP contribution in [0.3, 0.4) is 0 Å². The highest BCUT2D eigenvalue weighted by Crippen LogP contribution is 2.39. The van der Waals surface area contributed by atoms with Gasteiger partial charge in [-0.1, -0.05) is 41.6 Å². The fourth-order valence-corrected chi connectivity index (χ4v) is 8.47. The van der Waals surface area contributed by atoms with E-state index in [4.69, 9.17) is 0 Å². The molecule has 0 spiro atoms. The molecule has 2 fully saturated rings. The van der Waals surface area contributed by atoms with Crippen molar-refractivity contribution in [2.75, 3.05) is 44.7 Å². The first kappa shape index (κ1) is 38.7. The minimum Gasteiger partial charge on any atom is -0.369 e. The lowest BCUT2D eigenvalue weighted by atomic mass is 9.87. The fourth-order valence-electron chi connectivity index (χ4n) is 8.47. The third kappa shape index (κ3) is 7.74. The number of amides is 4. The van der Waals surface area contributed by atoms with E-state index in [1.165, 1.54) is 6.07 Å². The van der Waals surface area contributed by atoms with Crippen LogP contribution in [-0.2, 0) is 20.9 Å². The predicted molar refractivity (Wildman–Crippen MR) is 216 cm³/mol. The van der Waals surface area contributed by atoms with E-state index in [1.807, 2.05) is 36.1 Å². The molecule has 0 radical (unpaired) electrons. The van der Waals surface area contributed by atoms with Gasteiger partial charge in [-0.05, 0) is 90.6 Å². The molecule has 1 unspecified atom stereocenters. The monoisotopic (exact) mass is 788 g/mol. The molecule has 2 N–H and O–H groups in total. The number of carbonyl (C=O) groups excluding carboxylic acids is 4. The third-order valence-electron chi connectivity index (χ3n) is 11.9. The standard InChI is InChI=1S/C44H46F2N8O4/c1-3-51(2)44(58)37-25-35-33(24-34(41(46)42(35)48-37)31-5-4-18-53(26-31)40(56)16-21-54-22-17-47-50-54)29-8-6-27(7-9-29)28-14-19-52(20-15-28)38-12-10-30(23-36(38)45)32-11-13-39(55)49-43(32)57/h5-10,12,17,22-25,28,32,48H,3-4,11,13-16,18-21,26H2,1-2H3,(H,49,55,57). The van der Waals surface area contributed by atoms with Crippen LogP contribution in [0.15, 0.2) is 73.1 Å². The quantitative estimate of drug-likeness (QED) is 0.156. The topological polar surface area (TPSA) is 137 Å². The molecular weight excluding hydrogens is 743 g/mol. The van der Waals surface area contributed by atoms with Crippen LogP contribution < -0.4 is 10.2 Å². The van der Waals surface area contributed by atoms with Gasteiger partial charge < -0.3 is 19.7 Å². The molecule has 8 rings (SSSR count). The Hall–Kier alpha value is -6.18. The van der Waals surface area contributed by atoms with Crippen molar-refractivity contribution in [2.45, 2.75) is 63.8 Å². The summed E-state index contributed by atoms with van der Waals surface area (Å²) in [5.41, 5.74) is 5.50. The molecule has 0 bridgehead atoms. The van der Waals surface area contributed by atoms with Crippen LogP contribution in [0.5, 0.6) is 0 Å². The van der Waals surface area contributed by atoms with Gasteiger partial charge in [0.2, 0.25) is 17.7 Å². The second-order valence-electron chi connectivity index (χ2n) is 15.4. The summed E-state index contributed by atoms with van der Waals surface area (Å²) < 4.78 is 33.7. The van der Waals surface area contributed by atoms with Crippen LogP contribution in [0.2, 0.25) is 0 Å². The highest BCUT2D eigenvalue weighted by molar-refractivity contribution is 6.05. The van der Waals surface area contributed by atoms with Gasteiger partial charge in [-0.25, -0.2) is 8.78 Å². The van der Waals surface area contributed by atoms with Crippen LogP contribution >= 0.6 is 0 Å².